The van der Waals surface area contributed by atoms with Crippen LogP contribution in [0.3, 0.4) is 0 Å². The molecule has 2 aliphatic heterocycles. The highest BCUT2D eigenvalue weighted by Gasteiger charge is 2.63. The topological polar surface area (TPSA) is 174 Å². The number of nitrogens with zero attached hydrogens (tertiary/aromatic N) is 5. The number of ether oxygens (including phenoxy) is 2. The molecule has 2 saturated carbocycles. The minimum Gasteiger partial charge on any atom is -0.755 e. The van der Waals surface area contributed by atoms with Gasteiger partial charge in [0.05, 0.1) is 59.3 Å². The van der Waals surface area contributed by atoms with Gasteiger partial charge in [0.2, 0.25) is 17.7 Å². The maximum absolute atomic E-state index is 15.0. The Hall–Kier alpha value is -4.55. The molecule has 4 fully saturated rings. The number of piperidine rings is 1. The first kappa shape index (κ1) is 45.5. The standard InChI is InChI=1S/C44H56F2N6O8S2/c1-9-26-20-44(26,41(56)52(62(57)58)27-11-12-27)49-38(54)33-17-28(21-51(33)40(55)30(42(5,6)7)18-36(53)50-16-10-15-43(45,46)23-50)60-35-19-31(32-22-61-39(48-32)24(2)3)47-37-25(4)34(59-8)14-13-29(35)37/h9,13-14,19,22,24,26-28,30,33H,1,10-12,15-18,20-21,23H2,2-8H3,(H,49,54)(H,57,58)/p-1/t26?,28-,30-,33+,44-/m1/s1. The molecule has 2 saturated heterocycles. The number of halogens is 2. The van der Waals surface area contributed by atoms with Gasteiger partial charge in [0.15, 0.2) is 0 Å². The lowest BCUT2D eigenvalue weighted by Crippen LogP contribution is -2.58. The molecule has 7 rings (SSSR count). The van der Waals surface area contributed by atoms with Gasteiger partial charge >= 0.3 is 0 Å². The van der Waals surface area contributed by atoms with E-state index in [1.807, 2.05) is 18.4 Å². The summed E-state index contributed by atoms with van der Waals surface area (Å²) in [6.07, 6.45) is 1.23. The Kier molecular flexibility index (Phi) is 12.6. The minimum atomic E-state index is -3.04. The number of rotatable bonds is 14. The average Bonchev–Trinajstić information content (AvgIpc) is 4.06. The normalized spacial score (nSPS) is 24.4. The van der Waals surface area contributed by atoms with Gasteiger partial charge in [-0.1, -0.05) is 40.7 Å². The summed E-state index contributed by atoms with van der Waals surface area (Å²) >= 11 is -1.36. The predicted molar refractivity (Wildman–Crippen MR) is 229 cm³/mol. The Morgan fingerprint density at radius 2 is 1.89 bits per heavy atom. The molecule has 18 heteroatoms. The van der Waals surface area contributed by atoms with Gasteiger partial charge in [0, 0.05) is 66.1 Å². The zero-order valence-electron chi connectivity index (χ0n) is 36.2. The zero-order chi connectivity index (χ0) is 45.1. The van der Waals surface area contributed by atoms with Gasteiger partial charge in [-0.25, -0.2) is 18.7 Å². The minimum absolute atomic E-state index is 0.0356. The number of aromatic nitrogens is 2. The van der Waals surface area contributed by atoms with Gasteiger partial charge in [-0.05, 0) is 50.2 Å². The fourth-order valence-electron chi connectivity index (χ4n) is 8.68. The van der Waals surface area contributed by atoms with Crippen LogP contribution in [0.2, 0.25) is 0 Å². The zero-order valence-corrected chi connectivity index (χ0v) is 37.8. The van der Waals surface area contributed by atoms with Gasteiger partial charge < -0.3 is 29.1 Å². The largest absolute Gasteiger partial charge is 0.755 e. The van der Waals surface area contributed by atoms with E-state index in [9.17, 15) is 36.7 Å². The van der Waals surface area contributed by atoms with Gasteiger partial charge in [-0.2, -0.15) is 0 Å². The number of methoxy groups -OCH3 is 1. The number of alkyl halides is 2. The highest BCUT2D eigenvalue weighted by atomic mass is 32.2. The van der Waals surface area contributed by atoms with Crippen molar-refractivity contribution in [3.63, 3.8) is 0 Å². The molecule has 62 heavy (non-hydrogen) atoms. The molecule has 4 aliphatic rings. The summed E-state index contributed by atoms with van der Waals surface area (Å²) in [6.45, 7) is 14.4. The lowest BCUT2D eigenvalue weighted by Gasteiger charge is -2.37. The summed E-state index contributed by atoms with van der Waals surface area (Å²) in [6, 6.07) is 3.68. The van der Waals surface area contributed by atoms with Crippen molar-refractivity contribution in [2.45, 2.75) is 122 Å². The lowest BCUT2D eigenvalue weighted by atomic mass is 9.77. The second-order valence-electron chi connectivity index (χ2n) is 18.5. The fourth-order valence-corrected chi connectivity index (χ4v) is 10.3. The Bertz CT molecular complexity index is 2300. The molecule has 2 unspecified atom stereocenters. The van der Waals surface area contributed by atoms with Crippen LogP contribution >= 0.6 is 11.3 Å². The van der Waals surface area contributed by atoms with Crippen LogP contribution in [0.15, 0.2) is 36.2 Å². The van der Waals surface area contributed by atoms with Crippen molar-refractivity contribution in [2.24, 2.45) is 17.3 Å². The second-order valence-corrected chi connectivity index (χ2v) is 20.2. The van der Waals surface area contributed by atoms with Crippen molar-refractivity contribution in [1.82, 2.24) is 29.4 Å². The van der Waals surface area contributed by atoms with E-state index in [1.165, 1.54) is 22.3 Å². The molecule has 4 heterocycles. The number of carbonyl (C=O) groups excluding carboxylic acids is 4. The highest BCUT2D eigenvalue weighted by Crippen LogP contribution is 2.48. The number of nitrogens with one attached hydrogen (secondary N) is 1. The lowest BCUT2D eigenvalue weighted by molar-refractivity contribution is -0.151. The first-order chi connectivity index (χ1) is 29.2. The van der Waals surface area contributed by atoms with E-state index >= 15 is 0 Å². The number of carbonyl (C=O) groups is 4. The summed E-state index contributed by atoms with van der Waals surface area (Å²) in [5.41, 5.74) is 0.103. The van der Waals surface area contributed by atoms with E-state index in [0.29, 0.717) is 46.6 Å². The van der Waals surface area contributed by atoms with Gasteiger partial charge in [0.25, 0.3) is 11.8 Å². The predicted octanol–water partition coefficient (Wildman–Crippen LogP) is 6.30. The van der Waals surface area contributed by atoms with Crippen molar-refractivity contribution >= 4 is 57.1 Å². The van der Waals surface area contributed by atoms with Crippen LogP contribution in [0, 0.1) is 24.2 Å². The molecule has 0 bridgehead atoms. The van der Waals surface area contributed by atoms with Crippen LogP contribution in [0.5, 0.6) is 11.5 Å². The quantitative estimate of drug-likeness (QED) is 0.143. The molecule has 1 aromatic carbocycles. The number of benzene rings is 1. The maximum Gasteiger partial charge on any atom is 0.265 e. The van der Waals surface area contributed by atoms with E-state index in [0.717, 1.165) is 19.8 Å². The van der Waals surface area contributed by atoms with Crippen molar-refractivity contribution < 1.29 is 46.2 Å². The number of pyridine rings is 1. The van der Waals surface area contributed by atoms with Crippen LogP contribution in [-0.2, 0) is 30.4 Å². The summed E-state index contributed by atoms with van der Waals surface area (Å²) in [4.78, 5) is 69.6. The van der Waals surface area contributed by atoms with E-state index in [2.05, 4.69) is 25.7 Å². The molecule has 0 spiro atoms. The Balaban J connectivity index is 1.24. The van der Waals surface area contributed by atoms with Crippen LogP contribution < -0.4 is 14.8 Å². The molecular weight excluding hydrogens is 843 g/mol. The van der Waals surface area contributed by atoms with Gasteiger partial charge in [-0.3, -0.25) is 27.7 Å². The number of hydrogen-bond acceptors (Lipinski definition) is 11. The van der Waals surface area contributed by atoms with E-state index in [-0.39, 0.29) is 51.1 Å². The molecule has 336 valence electrons. The third-order valence-electron chi connectivity index (χ3n) is 12.5. The summed E-state index contributed by atoms with van der Waals surface area (Å²) < 4.78 is 66.7. The van der Waals surface area contributed by atoms with Crippen LogP contribution in [0.4, 0.5) is 8.78 Å². The van der Waals surface area contributed by atoms with E-state index in [4.69, 9.17) is 19.4 Å². The Morgan fingerprint density at radius 1 is 1.16 bits per heavy atom. The first-order valence-electron chi connectivity index (χ1n) is 21.1. The number of amides is 4. The number of thiazole rings is 1. The molecule has 0 radical (unpaired) electrons. The number of likely N-dealkylation sites (tertiary alicyclic amines) is 2. The van der Waals surface area contributed by atoms with Gasteiger partial charge in [-0.15, -0.1) is 17.9 Å². The number of hydrogen-bond donors (Lipinski definition) is 1. The van der Waals surface area contributed by atoms with E-state index in [1.54, 1.807) is 40.0 Å². The van der Waals surface area contributed by atoms with Crippen molar-refractivity contribution in [3.05, 3.63) is 46.8 Å². The van der Waals surface area contributed by atoms with Crippen LogP contribution in [0.1, 0.15) is 96.1 Å². The summed E-state index contributed by atoms with van der Waals surface area (Å²) in [5, 5.41) is 6.36. The monoisotopic (exact) mass is 897 g/mol. The van der Waals surface area contributed by atoms with E-state index < -0.39 is 88.3 Å². The van der Waals surface area contributed by atoms with Crippen LogP contribution in [-0.4, -0.2) is 113 Å². The summed E-state index contributed by atoms with van der Waals surface area (Å²) in [7, 11) is 1.57. The maximum atomic E-state index is 15.0. The molecule has 2 aromatic heterocycles. The average molecular weight is 898 g/mol. The molecule has 1 N–H and O–H groups in total. The second kappa shape index (κ2) is 17.2. The number of aryl methyl sites for hydroxylation is 1. The first-order valence-corrected chi connectivity index (χ1v) is 23.0. The molecule has 2 aliphatic carbocycles. The SMILES string of the molecule is C=CC1C[C@]1(NC(=O)[C@@H]1C[C@@H](Oc2cc(-c3csc(C(C)C)n3)nc3c(C)c(OC)ccc23)CN1C(=O)[C@@H](CC(=O)N1CCCC(F)(F)C1)C(C)(C)C)C(=O)N(C1CC1)S(=O)[O-]. The van der Waals surface area contributed by atoms with Gasteiger partial charge in [0.1, 0.15) is 29.2 Å². The third kappa shape index (κ3) is 9.09. The molecule has 3 aromatic rings. The summed E-state index contributed by atoms with van der Waals surface area (Å²) in [5.74, 6) is -6.02. The molecule has 6 atom stereocenters. The Morgan fingerprint density at radius 3 is 2.47 bits per heavy atom. The van der Waals surface area contributed by atoms with Crippen molar-refractivity contribution in [2.75, 3.05) is 26.7 Å². The van der Waals surface area contributed by atoms with Crippen molar-refractivity contribution in [3.8, 4) is 22.9 Å². The third-order valence-corrected chi connectivity index (χ3v) is 14.5. The highest BCUT2D eigenvalue weighted by molar-refractivity contribution is 7.77. The molecular formula is C44H55F2N6O8S2-. The number of fused-ring (bicyclic) bond motifs is 1. The fraction of sp³-hybridized carbons (Fsp3) is 0.591. The van der Waals surface area contributed by atoms with Crippen LogP contribution in [0.25, 0.3) is 22.3 Å². The molecule has 14 nitrogen and oxygen atoms in total. The molecule has 4 amide bonds. The smallest absolute Gasteiger partial charge is 0.265 e. The van der Waals surface area contributed by atoms with Crippen molar-refractivity contribution in [1.29, 1.82) is 0 Å². The Labute approximate surface area is 367 Å².